The summed E-state index contributed by atoms with van der Waals surface area (Å²) in [5.74, 6) is 0. The number of benzene rings is 2. The first-order valence-corrected chi connectivity index (χ1v) is 10.9. The second-order valence-electron chi connectivity index (χ2n) is 3.34. The van der Waals surface area contributed by atoms with Crippen LogP contribution in [-0.2, 0) is 40.7 Å². The maximum absolute atomic E-state index is 7.56. The third kappa shape index (κ3) is 61.1. The van der Waals surface area contributed by atoms with Gasteiger partial charge < -0.3 is 29.4 Å². The second kappa shape index (κ2) is 16.9. The van der Waals surface area contributed by atoms with E-state index in [-0.39, 0.29) is 17.1 Å². The molecule has 11 heteroatoms. The summed E-state index contributed by atoms with van der Waals surface area (Å²) in [5.41, 5.74) is 0. The van der Waals surface area contributed by atoms with E-state index < -0.39 is 13.4 Å². The predicted octanol–water partition coefficient (Wildman–Crippen LogP) is 1.75. The Labute approximate surface area is 156 Å². The van der Waals surface area contributed by atoms with Crippen LogP contribution in [0.15, 0.2) is 72.8 Å². The Balaban J connectivity index is -0.000000230. The molecule has 0 amide bonds. The maximum Gasteiger partial charge on any atom is 0.319 e. The Kier molecular flexibility index (Phi) is 20.4. The first-order valence-electron chi connectivity index (χ1n) is 5.57. The molecule has 0 atom stereocenters. The van der Waals surface area contributed by atoms with Crippen LogP contribution < -0.4 is 0 Å². The number of hydrogen-bond acceptors (Lipinski definition) is 2. The number of hydrogen-bond donors (Lipinski definition) is 6. The van der Waals surface area contributed by atoms with Gasteiger partial charge in [0.1, 0.15) is 0 Å². The van der Waals surface area contributed by atoms with Crippen LogP contribution in [-0.4, -0.2) is 29.4 Å². The van der Waals surface area contributed by atoms with Crippen molar-refractivity contribution >= 4 is 37.1 Å². The normalized spacial score (nSPS) is 9.30. The molecular weight excluding hydrogens is 430 g/mol. The van der Waals surface area contributed by atoms with Crippen molar-refractivity contribution in [2.75, 3.05) is 0 Å². The molecule has 0 aliphatic heterocycles. The standard InChI is InChI=1S/2C6H6.Cu.2H3O3PS/c2*1-2-4-6-5-3-1;;2*1-4(2,3)5/h2*1-6H;;2*(H3,1,2,3,5). The molecule has 0 spiro atoms. The maximum atomic E-state index is 7.56. The summed E-state index contributed by atoms with van der Waals surface area (Å²) < 4.78 is 0. The van der Waals surface area contributed by atoms with E-state index in [1.165, 1.54) is 0 Å². The molecule has 0 saturated heterocycles. The van der Waals surface area contributed by atoms with Crippen molar-refractivity contribution in [3.8, 4) is 0 Å². The summed E-state index contributed by atoms with van der Waals surface area (Å²) in [6.07, 6.45) is 0. The van der Waals surface area contributed by atoms with Crippen LogP contribution in [0.25, 0.3) is 0 Å². The molecule has 0 unspecified atom stereocenters. The van der Waals surface area contributed by atoms with Gasteiger partial charge in [-0.1, -0.05) is 72.8 Å². The van der Waals surface area contributed by atoms with E-state index in [9.17, 15) is 0 Å². The van der Waals surface area contributed by atoms with Gasteiger partial charge in [-0.15, -0.1) is 0 Å². The zero-order valence-corrected chi connectivity index (χ0v) is 16.0. The molecule has 6 nitrogen and oxygen atoms in total. The van der Waals surface area contributed by atoms with E-state index in [0.717, 1.165) is 0 Å². The van der Waals surface area contributed by atoms with Crippen LogP contribution in [0.2, 0.25) is 0 Å². The summed E-state index contributed by atoms with van der Waals surface area (Å²) >= 11 is 7.21. The van der Waals surface area contributed by atoms with Crippen molar-refractivity contribution in [2.24, 2.45) is 0 Å². The van der Waals surface area contributed by atoms with E-state index in [1.54, 1.807) is 0 Å². The molecule has 0 heterocycles. The Hall–Kier alpha value is 0.0195. The zero-order valence-electron chi connectivity index (χ0n) is 11.6. The minimum Gasteiger partial charge on any atom is -0.325 e. The molecule has 0 bridgehead atoms. The summed E-state index contributed by atoms with van der Waals surface area (Å²) in [6, 6.07) is 24.0. The molecule has 2 aromatic carbocycles. The first-order chi connectivity index (χ1) is 10.0. The summed E-state index contributed by atoms with van der Waals surface area (Å²) in [5, 5.41) is 0. The molecule has 2 rings (SSSR count). The Morgan fingerprint density at radius 1 is 0.391 bits per heavy atom. The summed E-state index contributed by atoms with van der Waals surface area (Å²) in [6.45, 7) is -7.61. The average Bonchev–Trinajstić information content (AvgIpc) is 2.40. The van der Waals surface area contributed by atoms with Gasteiger partial charge >= 0.3 is 13.4 Å². The van der Waals surface area contributed by atoms with E-state index in [1.807, 2.05) is 72.8 Å². The molecule has 0 aliphatic rings. The monoisotopic (exact) mass is 447 g/mol. The van der Waals surface area contributed by atoms with Crippen molar-refractivity contribution in [1.29, 1.82) is 0 Å². The molecule has 0 fully saturated rings. The molecular formula is C12H18CuO6P2S2. The molecule has 6 N–H and O–H groups in total. The molecule has 0 saturated carbocycles. The smallest absolute Gasteiger partial charge is 0.319 e. The van der Waals surface area contributed by atoms with Crippen LogP contribution in [0.5, 0.6) is 0 Å². The molecule has 2 aromatic rings. The van der Waals surface area contributed by atoms with Crippen molar-refractivity contribution < 1.29 is 46.4 Å². The fourth-order valence-electron chi connectivity index (χ4n) is 0.770. The van der Waals surface area contributed by atoms with Gasteiger partial charge in [-0.2, -0.15) is 0 Å². The Morgan fingerprint density at radius 3 is 0.478 bits per heavy atom. The third-order valence-electron chi connectivity index (χ3n) is 1.33. The van der Waals surface area contributed by atoms with E-state index >= 15 is 0 Å². The van der Waals surface area contributed by atoms with Crippen LogP contribution in [0.1, 0.15) is 0 Å². The van der Waals surface area contributed by atoms with Gasteiger partial charge in [-0.3, -0.25) is 0 Å². The topological polar surface area (TPSA) is 121 Å². The SMILES string of the molecule is OP(O)(O)=S.OP(O)(O)=S.[Cu].c1ccccc1.c1ccccc1. The van der Waals surface area contributed by atoms with Crippen molar-refractivity contribution in [3.63, 3.8) is 0 Å². The molecule has 0 aromatic heterocycles. The largest absolute Gasteiger partial charge is 0.325 e. The van der Waals surface area contributed by atoms with Crippen LogP contribution in [0, 0.1) is 0 Å². The van der Waals surface area contributed by atoms with Crippen molar-refractivity contribution in [2.45, 2.75) is 0 Å². The predicted molar refractivity (Wildman–Crippen MR) is 94.8 cm³/mol. The van der Waals surface area contributed by atoms with Gasteiger partial charge in [-0.05, 0) is 23.6 Å². The quantitative estimate of drug-likeness (QED) is 0.267. The van der Waals surface area contributed by atoms with Gasteiger partial charge in [0.05, 0.1) is 0 Å². The summed E-state index contributed by atoms with van der Waals surface area (Å²) in [4.78, 5) is 45.3. The minimum atomic E-state index is -3.81. The molecule has 23 heavy (non-hydrogen) atoms. The van der Waals surface area contributed by atoms with Crippen molar-refractivity contribution in [3.05, 3.63) is 72.8 Å². The minimum absolute atomic E-state index is 0. The first kappa shape index (κ1) is 27.8. The van der Waals surface area contributed by atoms with Gasteiger partial charge in [-0.25, -0.2) is 0 Å². The molecule has 135 valence electrons. The number of rotatable bonds is 0. The van der Waals surface area contributed by atoms with Gasteiger partial charge in [0, 0.05) is 17.1 Å². The van der Waals surface area contributed by atoms with Crippen LogP contribution in [0.4, 0.5) is 0 Å². The Bertz CT molecular complexity index is 429. The molecule has 1 radical (unpaired) electrons. The zero-order chi connectivity index (χ0) is 17.5. The van der Waals surface area contributed by atoms with Gasteiger partial charge in [0.2, 0.25) is 0 Å². The van der Waals surface area contributed by atoms with Gasteiger partial charge in [0.25, 0.3) is 0 Å². The fourth-order valence-corrected chi connectivity index (χ4v) is 0.770. The van der Waals surface area contributed by atoms with Crippen LogP contribution >= 0.6 is 13.4 Å². The van der Waals surface area contributed by atoms with Gasteiger partial charge in [0.15, 0.2) is 0 Å². The fraction of sp³-hybridized carbons (Fsp3) is 0. The third-order valence-corrected chi connectivity index (χ3v) is 1.33. The second-order valence-corrected chi connectivity index (χ2v) is 8.33. The summed E-state index contributed by atoms with van der Waals surface area (Å²) in [7, 11) is 0. The van der Waals surface area contributed by atoms with Crippen LogP contribution in [0.3, 0.4) is 0 Å². The van der Waals surface area contributed by atoms with Crippen molar-refractivity contribution in [1.82, 2.24) is 0 Å². The van der Waals surface area contributed by atoms with E-state index in [4.69, 9.17) is 29.4 Å². The average molecular weight is 448 g/mol. The molecule has 0 aliphatic carbocycles. The Morgan fingerprint density at radius 2 is 0.435 bits per heavy atom. The van der Waals surface area contributed by atoms with E-state index in [2.05, 4.69) is 23.6 Å². The van der Waals surface area contributed by atoms with E-state index in [0.29, 0.717) is 0 Å².